The van der Waals surface area contributed by atoms with E-state index in [4.69, 9.17) is 15.9 Å². The first-order valence-corrected chi connectivity index (χ1v) is 11.8. The molecule has 4 aliphatic rings. The molecule has 1 heterocycles. The monoisotopic (exact) mass is 428 g/mol. The Morgan fingerprint density at radius 1 is 1.06 bits per heavy atom. The van der Waals surface area contributed by atoms with Gasteiger partial charge in [-0.2, -0.15) is 5.10 Å². The van der Waals surface area contributed by atoms with E-state index in [-0.39, 0.29) is 17.3 Å². The number of fused-ring (bicyclic) bond motifs is 5. The molecule has 0 bridgehead atoms. The molecular formula is C24H36N4O3. The molecule has 0 radical (unpaired) electrons. The van der Waals surface area contributed by atoms with Gasteiger partial charge >= 0.3 is 0 Å². The number of aliphatic hydroxyl groups is 2. The van der Waals surface area contributed by atoms with Gasteiger partial charge in [0.1, 0.15) is 5.60 Å². The Morgan fingerprint density at radius 2 is 1.87 bits per heavy atom. The van der Waals surface area contributed by atoms with E-state index >= 15 is 0 Å². The fraction of sp³-hybridized carbons (Fsp3) is 0.750. The highest BCUT2D eigenvalue weighted by molar-refractivity contribution is 5.86. The van der Waals surface area contributed by atoms with Gasteiger partial charge in [0.25, 0.3) is 0 Å². The van der Waals surface area contributed by atoms with Crippen LogP contribution in [0.25, 0.3) is 0 Å². The van der Waals surface area contributed by atoms with Crippen molar-refractivity contribution in [1.82, 2.24) is 0 Å². The van der Waals surface area contributed by atoms with E-state index in [2.05, 4.69) is 24.1 Å². The van der Waals surface area contributed by atoms with Crippen molar-refractivity contribution in [3.05, 3.63) is 24.2 Å². The van der Waals surface area contributed by atoms with Crippen molar-refractivity contribution in [2.45, 2.75) is 82.8 Å². The maximum Gasteiger partial charge on any atom is 0.211 e. The van der Waals surface area contributed by atoms with Crippen LogP contribution >= 0.6 is 0 Å². The maximum absolute atomic E-state index is 12.2. The fourth-order valence-electron chi connectivity index (χ4n) is 8.23. The van der Waals surface area contributed by atoms with E-state index < -0.39 is 16.6 Å². The lowest BCUT2D eigenvalue weighted by molar-refractivity contribution is -0.233. The van der Waals surface area contributed by atoms with E-state index in [9.17, 15) is 10.2 Å². The van der Waals surface area contributed by atoms with E-state index in [0.717, 1.165) is 56.2 Å². The molecule has 0 aromatic carbocycles. The molecule has 4 fully saturated rings. The minimum absolute atomic E-state index is 0.00433. The van der Waals surface area contributed by atoms with Crippen LogP contribution in [0.5, 0.6) is 0 Å². The third-order valence-corrected chi connectivity index (χ3v) is 10.1. The Morgan fingerprint density at radius 3 is 2.58 bits per heavy atom. The largest absolute Gasteiger partial charge is 0.472 e. The van der Waals surface area contributed by atoms with Crippen molar-refractivity contribution in [2.24, 2.45) is 50.3 Å². The first kappa shape index (κ1) is 21.0. The highest BCUT2D eigenvalue weighted by Gasteiger charge is 2.72. The Labute approximate surface area is 184 Å². The maximum atomic E-state index is 12.2. The summed E-state index contributed by atoms with van der Waals surface area (Å²) < 4.78 is 5.31. The van der Waals surface area contributed by atoms with E-state index in [1.54, 1.807) is 12.5 Å². The molecule has 170 valence electrons. The zero-order valence-electron chi connectivity index (χ0n) is 18.7. The second-order valence-electron chi connectivity index (χ2n) is 11.1. The Bertz CT molecular complexity index is 910. The van der Waals surface area contributed by atoms with Crippen LogP contribution in [0, 0.1) is 28.6 Å². The van der Waals surface area contributed by atoms with Crippen LogP contribution < -0.4 is 11.5 Å². The molecule has 0 spiro atoms. The number of nitrogens with two attached hydrogens (primary N) is 2. The van der Waals surface area contributed by atoms with Crippen molar-refractivity contribution in [3.8, 4) is 0 Å². The minimum atomic E-state index is -1.04. The molecule has 7 nitrogen and oxygen atoms in total. The second kappa shape index (κ2) is 6.82. The quantitative estimate of drug-likeness (QED) is 0.326. The number of rotatable bonds is 2. The third kappa shape index (κ3) is 2.72. The predicted molar refractivity (Wildman–Crippen MR) is 119 cm³/mol. The molecule has 7 heteroatoms. The van der Waals surface area contributed by atoms with Crippen LogP contribution in [0.3, 0.4) is 0 Å². The van der Waals surface area contributed by atoms with Crippen LogP contribution in [0.15, 0.2) is 33.2 Å². The number of hydrogen-bond donors (Lipinski definition) is 4. The summed E-state index contributed by atoms with van der Waals surface area (Å²) in [6.45, 7) is 4.54. The van der Waals surface area contributed by atoms with Gasteiger partial charge in [0, 0.05) is 16.7 Å². The summed E-state index contributed by atoms with van der Waals surface area (Å²) >= 11 is 0. The molecule has 1 aromatic rings. The van der Waals surface area contributed by atoms with Crippen molar-refractivity contribution in [2.75, 3.05) is 0 Å². The standard InChI is InChI=1S/C24H36N4O3/c1-21-8-5-17(27-28-20(25)26)13-15(21)3-4-19-18(21)6-9-22(2)23(29,10-11-24(19,22)30)16-7-12-31-14-16/h7,12,14-15,18-19,29-30H,3-6,8-11,13H2,1-2H3,(H4,25,26,28)/b27-17+/t15-,18+,19-,21+,22-,23+,24+/m1/s1. The minimum Gasteiger partial charge on any atom is -0.472 e. The van der Waals surface area contributed by atoms with Crippen LogP contribution in [-0.4, -0.2) is 27.5 Å². The molecule has 0 saturated heterocycles. The van der Waals surface area contributed by atoms with Gasteiger partial charge in [-0.15, -0.1) is 5.10 Å². The number of hydrogen-bond acceptors (Lipinski definition) is 5. The van der Waals surface area contributed by atoms with E-state index in [0.29, 0.717) is 24.7 Å². The summed E-state index contributed by atoms with van der Waals surface area (Å²) in [5, 5.41) is 32.2. The Balaban J connectivity index is 1.44. The summed E-state index contributed by atoms with van der Waals surface area (Å²) in [6, 6.07) is 1.86. The highest BCUT2D eigenvalue weighted by Crippen LogP contribution is 2.71. The molecule has 4 aliphatic carbocycles. The molecule has 6 N–H and O–H groups in total. The number of guanidine groups is 1. The van der Waals surface area contributed by atoms with Crippen molar-refractivity contribution >= 4 is 11.7 Å². The van der Waals surface area contributed by atoms with Gasteiger partial charge in [0.2, 0.25) is 5.96 Å². The Hall–Kier alpha value is -1.86. The molecular weight excluding hydrogens is 392 g/mol. The van der Waals surface area contributed by atoms with Gasteiger partial charge in [-0.05, 0) is 87.0 Å². The molecule has 0 unspecified atom stereocenters. The Kier molecular flexibility index (Phi) is 4.62. The number of nitrogens with zero attached hydrogens (tertiary/aromatic N) is 2. The topological polar surface area (TPSA) is 130 Å². The molecule has 1 aromatic heterocycles. The van der Waals surface area contributed by atoms with Crippen molar-refractivity contribution in [3.63, 3.8) is 0 Å². The molecule has 0 amide bonds. The lowest BCUT2D eigenvalue weighted by atomic mass is 9.43. The van der Waals surface area contributed by atoms with Crippen LogP contribution in [0.4, 0.5) is 0 Å². The second-order valence-corrected chi connectivity index (χ2v) is 11.1. The lowest BCUT2D eigenvalue weighted by Gasteiger charge is -2.64. The van der Waals surface area contributed by atoms with Gasteiger partial charge in [0.05, 0.1) is 18.1 Å². The third-order valence-electron chi connectivity index (χ3n) is 10.1. The lowest BCUT2D eigenvalue weighted by Crippen LogP contribution is -2.64. The molecule has 0 aliphatic heterocycles. The van der Waals surface area contributed by atoms with Gasteiger partial charge in [-0.1, -0.05) is 13.8 Å². The first-order chi connectivity index (χ1) is 14.6. The zero-order valence-corrected chi connectivity index (χ0v) is 18.7. The molecule has 31 heavy (non-hydrogen) atoms. The van der Waals surface area contributed by atoms with Crippen molar-refractivity contribution in [1.29, 1.82) is 0 Å². The summed E-state index contributed by atoms with van der Waals surface area (Å²) in [5.41, 5.74) is 10.5. The summed E-state index contributed by atoms with van der Waals surface area (Å²) in [5.74, 6) is 1.22. The van der Waals surface area contributed by atoms with Gasteiger partial charge in [-0.25, -0.2) is 0 Å². The van der Waals surface area contributed by atoms with Crippen LogP contribution in [0.1, 0.15) is 77.2 Å². The number of furan rings is 1. The van der Waals surface area contributed by atoms with E-state index in [1.165, 1.54) is 0 Å². The first-order valence-electron chi connectivity index (χ1n) is 11.8. The van der Waals surface area contributed by atoms with Crippen LogP contribution in [-0.2, 0) is 5.60 Å². The smallest absolute Gasteiger partial charge is 0.211 e. The van der Waals surface area contributed by atoms with E-state index in [1.807, 2.05) is 6.07 Å². The van der Waals surface area contributed by atoms with Crippen LogP contribution in [0.2, 0.25) is 0 Å². The molecule has 5 rings (SSSR count). The van der Waals surface area contributed by atoms with Gasteiger partial charge < -0.3 is 26.1 Å². The van der Waals surface area contributed by atoms with Gasteiger partial charge in [-0.3, -0.25) is 0 Å². The summed E-state index contributed by atoms with van der Waals surface area (Å²) in [6.07, 6.45) is 11.3. The normalized spacial score (nSPS) is 48.0. The zero-order chi connectivity index (χ0) is 22.1. The summed E-state index contributed by atoms with van der Waals surface area (Å²) in [7, 11) is 0. The average Bonchev–Trinajstić information content (AvgIpc) is 3.34. The SMILES string of the molecule is C[C@]12CC/C(=N\N=C(N)N)C[C@H]1CC[C@@H]1[C@@H]2CC[C@]2(C)[C@@](O)(c3ccoc3)CC[C@]12O. The average molecular weight is 429 g/mol. The van der Waals surface area contributed by atoms with Crippen molar-refractivity contribution < 1.29 is 14.6 Å². The fourth-order valence-corrected chi connectivity index (χ4v) is 8.23. The molecule has 7 atom stereocenters. The summed E-state index contributed by atoms with van der Waals surface area (Å²) in [4.78, 5) is 0. The highest BCUT2D eigenvalue weighted by atomic mass is 16.3. The molecule has 4 saturated carbocycles. The predicted octanol–water partition coefficient (Wildman–Crippen LogP) is 3.25. The van der Waals surface area contributed by atoms with Gasteiger partial charge in [0.15, 0.2) is 0 Å².